The number of hydrogen-bond donors (Lipinski definition) is 0. The molecule has 8 bridgehead atoms. The molecule has 0 saturated heterocycles. The van der Waals surface area contributed by atoms with Crippen molar-refractivity contribution in [2.24, 2.45) is 46.3 Å². The van der Waals surface area contributed by atoms with E-state index in [1.807, 2.05) is 0 Å². The minimum Gasteiger partial charge on any atom is -1.00 e. The molecule has 600 valence electrons. The first kappa shape index (κ1) is 93.1. The molecule has 0 unspecified atom stereocenters. The van der Waals surface area contributed by atoms with E-state index in [2.05, 4.69) is 335 Å². The maximum absolute atomic E-state index is 2.51. The number of nitrogens with zero attached hydrogens (tertiary/aromatic N) is 8. The smallest absolute Gasteiger partial charge is 0.173 e. The van der Waals surface area contributed by atoms with Gasteiger partial charge in [0.1, 0.15) is 0 Å². The molecule has 10 fully saturated rings. The molecular weight excluding hydrogens is 1550 g/mol. The van der Waals surface area contributed by atoms with Gasteiger partial charge in [0.2, 0.25) is 0 Å². The fourth-order valence-corrected chi connectivity index (χ4v) is 21.0. The maximum Gasteiger partial charge on any atom is 0.173 e. The third-order valence-corrected chi connectivity index (χ3v) is 25.6. The molecule has 8 heterocycles. The summed E-state index contributed by atoms with van der Waals surface area (Å²) < 4.78 is 18.7. The summed E-state index contributed by atoms with van der Waals surface area (Å²) in [4.78, 5) is 0. The lowest BCUT2D eigenvalue weighted by Crippen LogP contribution is -3.00. The highest BCUT2D eigenvalue weighted by atomic mass is 35.5. The Labute approximate surface area is 721 Å². The molecule has 0 N–H and O–H groups in total. The van der Waals surface area contributed by atoms with Crippen molar-refractivity contribution in [3.63, 3.8) is 0 Å². The van der Waals surface area contributed by atoms with Crippen LogP contribution >= 0.6 is 0 Å². The van der Waals surface area contributed by atoms with Gasteiger partial charge in [-0.1, -0.05) is 73.5 Å². The average Bonchev–Trinajstić information content (AvgIpc) is 0.752. The summed E-state index contributed by atoms with van der Waals surface area (Å²) in [6.45, 7) is 17.5. The Hall–Kier alpha value is -6.04. The standard InChI is InChI=1S/C32H42N2.C24H22N2.C22H30N2.C18H26N2.8ClH/c1-5-33(21-31-15-23-9-24(16-31)11-25(10-23)17-31)6-2-29(1)30-3-7-34(8-4-30)22-32-18-26-12-27(19-32)14-28(13-26)20-32;1-3-7-21(8-4-1)19-25-15-11-23(12-16-25)24-13-17-26(18-14-24)20-22-9-5-2-6-10-22;1-3-7-21(8-4-1)23-15-11-19(12-16-23)20-13-17-24(18-14-20)22-9-5-2-6-10-22;1-17(2,3)19-11-7-15(8-12-19)16-9-13-20(14-10-16)18(4,5)6;;;;;;;;/h1-8,23-28H,9-22H2;1-18H,19-20H2;11-18,21-22H,1-10H2;7-14H,1-6H3;8*1H/q4*+2;;;;;;;;/p-8. The Kier molecular flexibility index (Phi) is 35.1. The van der Waals surface area contributed by atoms with Crippen LogP contribution in [0.15, 0.2) is 257 Å². The Morgan fingerprint density at radius 3 is 0.705 bits per heavy atom. The maximum atomic E-state index is 2.51. The molecule has 10 saturated carbocycles. The van der Waals surface area contributed by atoms with Crippen molar-refractivity contribution < 1.29 is 136 Å². The van der Waals surface area contributed by atoms with Crippen LogP contribution in [0.4, 0.5) is 0 Å². The zero-order valence-electron chi connectivity index (χ0n) is 66.9. The summed E-state index contributed by atoms with van der Waals surface area (Å²) in [6, 6.07) is 58.5. The highest BCUT2D eigenvalue weighted by Gasteiger charge is 2.54. The lowest BCUT2D eigenvalue weighted by molar-refractivity contribution is -0.754. The van der Waals surface area contributed by atoms with E-state index in [0.29, 0.717) is 10.8 Å². The quantitative estimate of drug-likeness (QED) is 0.0978. The molecule has 0 amide bonds. The summed E-state index contributed by atoms with van der Waals surface area (Å²) in [6.07, 6.45) is 67.8. The minimum absolute atomic E-state index is 0. The molecule has 112 heavy (non-hydrogen) atoms. The van der Waals surface area contributed by atoms with Crippen molar-refractivity contribution >= 4 is 0 Å². The van der Waals surface area contributed by atoms with Crippen molar-refractivity contribution in [2.45, 2.75) is 232 Å². The average molecular weight is 1670 g/mol. The number of pyridine rings is 8. The molecule has 2 aromatic carbocycles. The Balaban J connectivity index is 0.000000206. The van der Waals surface area contributed by atoms with Gasteiger partial charge in [-0.05, 0) is 183 Å². The Morgan fingerprint density at radius 1 is 0.259 bits per heavy atom. The lowest BCUT2D eigenvalue weighted by Gasteiger charge is -2.55. The van der Waals surface area contributed by atoms with Crippen LogP contribution in [0.2, 0.25) is 0 Å². The van der Waals surface area contributed by atoms with Crippen LogP contribution in [0.5, 0.6) is 0 Å². The first-order valence-electron chi connectivity index (χ1n) is 40.7. The highest BCUT2D eigenvalue weighted by molar-refractivity contribution is 5.63. The molecule has 10 aliphatic rings. The van der Waals surface area contributed by atoms with Crippen molar-refractivity contribution in [1.82, 2.24) is 0 Å². The summed E-state index contributed by atoms with van der Waals surface area (Å²) in [5, 5.41) is 0. The van der Waals surface area contributed by atoms with Gasteiger partial charge in [0.15, 0.2) is 148 Å². The zero-order valence-corrected chi connectivity index (χ0v) is 72.9. The number of benzene rings is 2. The summed E-state index contributed by atoms with van der Waals surface area (Å²) in [5.74, 6) is 6.25. The molecule has 8 aromatic heterocycles. The molecular formula is C96H120Cl8N8. The zero-order chi connectivity index (χ0) is 71.1. The molecule has 0 spiro atoms. The van der Waals surface area contributed by atoms with E-state index in [-0.39, 0.29) is 110 Å². The van der Waals surface area contributed by atoms with Crippen LogP contribution in [0.3, 0.4) is 0 Å². The number of aromatic nitrogens is 8. The van der Waals surface area contributed by atoms with Gasteiger partial charge in [0.25, 0.3) is 0 Å². The van der Waals surface area contributed by atoms with Gasteiger partial charge in [-0.15, -0.1) is 0 Å². The number of rotatable bonds is 14. The van der Waals surface area contributed by atoms with Gasteiger partial charge in [-0.2, -0.15) is 0 Å². The van der Waals surface area contributed by atoms with Gasteiger partial charge in [0.05, 0.1) is 0 Å². The van der Waals surface area contributed by atoms with Gasteiger partial charge >= 0.3 is 0 Å². The second-order valence-corrected chi connectivity index (χ2v) is 35.8. The van der Waals surface area contributed by atoms with Crippen LogP contribution in [0, 0.1) is 46.3 Å². The van der Waals surface area contributed by atoms with Crippen molar-refractivity contribution in [1.29, 1.82) is 0 Å². The van der Waals surface area contributed by atoms with Gasteiger partial charge in [-0.3, -0.25) is 0 Å². The fraction of sp³-hybridized carbons (Fsp3) is 0.458. The fourth-order valence-electron chi connectivity index (χ4n) is 21.0. The molecule has 0 atom stereocenters. The third-order valence-electron chi connectivity index (χ3n) is 25.6. The predicted molar refractivity (Wildman–Crippen MR) is 416 cm³/mol. The van der Waals surface area contributed by atoms with Gasteiger partial charge < -0.3 is 99.3 Å². The van der Waals surface area contributed by atoms with Gasteiger partial charge in [-0.25, -0.2) is 36.5 Å². The van der Waals surface area contributed by atoms with Crippen LogP contribution < -0.4 is 136 Å². The molecule has 10 aliphatic carbocycles. The van der Waals surface area contributed by atoms with E-state index in [0.717, 1.165) is 60.7 Å². The molecule has 10 aromatic rings. The second kappa shape index (κ2) is 42.2. The van der Waals surface area contributed by atoms with E-state index in [4.69, 9.17) is 0 Å². The topological polar surface area (TPSA) is 31.0 Å². The summed E-state index contributed by atoms with van der Waals surface area (Å²) in [5.41, 5.74) is 14.5. The second-order valence-electron chi connectivity index (χ2n) is 35.8. The highest BCUT2D eigenvalue weighted by Crippen LogP contribution is 2.61. The first-order valence-corrected chi connectivity index (χ1v) is 40.7. The van der Waals surface area contributed by atoms with Crippen LogP contribution in [-0.4, -0.2) is 0 Å². The predicted octanol–water partition coefficient (Wildman–Crippen LogP) is -5.20. The molecule has 16 heteroatoms. The SMILES string of the molecule is CC(C)(C)[n+]1ccc(-c2cc[n+](C(C)(C)C)cc2)cc1.[Cl-].[Cl-].[Cl-].[Cl-].[Cl-].[Cl-].[Cl-].[Cl-].c1c[n+](C2CCCCC2)ccc1-c1cc[n+](C2CCCCC2)cc1.c1c[n+](CC23CC4CC(CC(C4)C2)C3)ccc1-c1cc[n+](CC23CC4CC(CC(C4)C2)C3)cc1.c1ccc(C[n+]2ccc(-c3cc[n+](Cc4ccccc4)cc3)cc2)cc1. The van der Waals surface area contributed by atoms with E-state index >= 15 is 0 Å². The van der Waals surface area contributed by atoms with Crippen LogP contribution in [0.1, 0.15) is 206 Å². The first-order chi connectivity index (χ1) is 50.5. The number of halogens is 8. The van der Waals surface area contributed by atoms with Crippen LogP contribution in [0.25, 0.3) is 44.5 Å². The minimum atomic E-state index is 0. The Bertz CT molecular complexity index is 4020. The molecule has 0 aliphatic heterocycles. The summed E-state index contributed by atoms with van der Waals surface area (Å²) >= 11 is 0. The van der Waals surface area contributed by atoms with E-state index in [1.54, 1.807) is 38.5 Å². The normalized spacial score (nSPS) is 22.2. The Morgan fingerprint density at radius 2 is 0.473 bits per heavy atom. The largest absolute Gasteiger partial charge is 1.00 e. The van der Waals surface area contributed by atoms with Crippen molar-refractivity contribution in [2.75, 3.05) is 0 Å². The molecule has 8 nitrogen and oxygen atoms in total. The van der Waals surface area contributed by atoms with Gasteiger partial charge in [0, 0.05) is 186 Å². The number of hydrogen-bond acceptors (Lipinski definition) is 0. The summed E-state index contributed by atoms with van der Waals surface area (Å²) in [7, 11) is 0. The molecule has 0 radical (unpaired) electrons. The van der Waals surface area contributed by atoms with Crippen LogP contribution in [-0.2, 0) is 37.3 Å². The van der Waals surface area contributed by atoms with E-state index < -0.39 is 0 Å². The monoisotopic (exact) mass is 1660 g/mol. The van der Waals surface area contributed by atoms with Crippen molar-refractivity contribution in [3.8, 4) is 44.5 Å². The van der Waals surface area contributed by atoms with Crippen molar-refractivity contribution in [3.05, 3.63) is 268 Å². The lowest BCUT2D eigenvalue weighted by atomic mass is 9.49. The third kappa shape index (κ3) is 24.1. The van der Waals surface area contributed by atoms with E-state index in [9.17, 15) is 0 Å². The molecule has 20 rings (SSSR count). The van der Waals surface area contributed by atoms with E-state index in [1.165, 1.54) is 171 Å².